The highest BCUT2D eigenvalue weighted by molar-refractivity contribution is 5.75. The van der Waals surface area contributed by atoms with Crippen molar-refractivity contribution in [3.63, 3.8) is 0 Å². The molecule has 0 heterocycles. The predicted molar refractivity (Wildman–Crippen MR) is 68.8 cm³/mol. The van der Waals surface area contributed by atoms with Crippen LogP contribution >= 0.6 is 0 Å². The molecule has 17 heavy (non-hydrogen) atoms. The zero-order valence-electron chi connectivity index (χ0n) is 10.9. The highest BCUT2D eigenvalue weighted by Crippen LogP contribution is 2.13. The summed E-state index contributed by atoms with van der Waals surface area (Å²) < 4.78 is 0. The first-order valence-electron chi connectivity index (χ1n) is 5.63. The molecule has 1 aromatic rings. The lowest BCUT2D eigenvalue weighted by Gasteiger charge is -2.20. The number of anilines is 1. The van der Waals surface area contributed by atoms with E-state index in [2.05, 4.69) is 36.1 Å². The third-order valence-corrected chi connectivity index (χ3v) is 2.76. The number of nitrogens with zero attached hydrogens (tertiary/aromatic N) is 2. The molecule has 4 heteroatoms. The molecule has 0 saturated heterocycles. The van der Waals surface area contributed by atoms with Gasteiger partial charge >= 0.3 is 0 Å². The normalized spacial score (nSPS) is 10.1. The van der Waals surface area contributed by atoms with Gasteiger partial charge in [0.1, 0.15) is 0 Å². The third-order valence-electron chi connectivity index (χ3n) is 2.76. The van der Waals surface area contributed by atoms with Gasteiger partial charge in [-0.3, -0.25) is 9.63 Å². The van der Waals surface area contributed by atoms with Crippen molar-refractivity contribution in [2.75, 3.05) is 32.6 Å². The molecule has 0 atom stereocenters. The Hall–Kier alpha value is -1.55. The van der Waals surface area contributed by atoms with Gasteiger partial charge in [-0.15, -0.1) is 0 Å². The Labute approximate surface area is 103 Å². The van der Waals surface area contributed by atoms with E-state index in [0.717, 1.165) is 5.69 Å². The number of hydroxylamine groups is 2. The van der Waals surface area contributed by atoms with Gasteiger partial charge in [0.05, 0.1) is 7.11 Å². The van der Waals surface area contributed by atoms with Gasteiger partial charge in [-0.05, 0) is 19.1 Å². The molecule has 0 saturated carbocycles. The fourth-order valence-electron chi connectivity index (χ4n) is 1.45. The van der Waals surface area contributed by atoms with Crippen molar-refractivity contribution >= 4 is 11.6 Å². The summed E-state index contributed by atoms with van der Waals surface area (Å²) in [4.78, 5) is 18.4. The lowest BCUT2D eigenvalue weighted by Crippen LogP contribution is -2.29. The molecule has 4 nitrogen and oxygen atoms in total. The first-order valence-corrected chi connectivity index (χ1v) is 5.63. The molecule has 0 fully saturated rings. The van der Waals surface area contributed by atoms with Crippen LogP contribution < -0.4 is 4.90 Å². The van der Waals surface area contributed by atoms with E-state index in [1.807, 2.05) is 7.05 Å². The molecule has 0 aliphatic heterocycles. The Morgan fingerprint density at radius 1 is 1.24 bits per heavy atom. The van der Waals surface area contributed by atoms with E-state index in [0.29, 0.717) is 13.0 Å². The summed E-state index contributed by atoms with van der Waals surface area (Å²) in [6, 6.07) is 8.24. The zero-order valence-corrected chi connectivity index (χ0v) is 10.9. The summed E-state index contributed by atoms with van der Waals surface area (Å²) in [5.41, 5.74) is 2.35. The van der Waals surface area contributed by atoms with Crippen LogP contribution in [-0.4, -0.2) is 38.7 Å². The Morgan fingerprint density at radius 3 is 2.35 bits per heavy atom. The number of hydrogen-bond donors (Lipinski definition) is 0. The second kappa shape index (κ2) is 6.25. The molecule has 1 aromatic carbocycles. The minimum absolute atomic E-state index is 0.0218. The van der Waals surface area contributed by atoms with Gasteiger partial charge in [-0.25, -0.2) is 5.06 Å². The molecule has 1 rings (SSSR count). The molecule has 0 spiro atoms. The molecule has 0 radical (unpaired) electrons. The number of carbonyl (C=O) groups is 1. The van der Waals surface area contributed by atoms with Crippen molar-refractivity contribution in [2.24, 2.45) is 0 Å². The van der Waals surface area contributed by atoms with Crippen LogP contribution in [0, 0.1) is 6.92 Å². The Balaban J connectivity index is 2.47. The predicted octanol–water partition coefficient (Wildman–Crippen LogP) is 1.84. The van der Waals surface area contributed by atoms with E-state index in [4.69, 9.17) is 4.84 Å². The monoisotopic (exact) mass is 236 g/mol. The smallest absolute Gasteiger partial charge is 0.247 e. The van der Waals surface area contributed by atoms with E-state index in [-0.39, 0.29) is 5.91 Å². The molecular formula is C13H20N2O2. The Bertz CT molecular complexity index is 362. The molecule has 94 valence electrons. The van der Waals surface area contributed by atoms with Crippen LogP contribution in [0.15, 0.2) is 24.3 Å². The Kier molecular flexibility index (Phi) is 4.97. The van der Waals surface area contributed by atoms with Gasteiger partial charge in [0.25, 0.3) is 0 Å². The van der Waals surface area contributed by atoms with Gasteiger partial charge in [-0.1, -0.05) is 17.7 Å². The number of benzene rings is 1. The van der Waals surface area contributed by atoms with Gasteiger partial charge in [-0.2, -0.15) is 0 Å². The lowest BCUT2D eigenvalue weighted by molar-refractivity contribution is -0.168. The second-order valence-corrected chi connectivity index (χ2v) is 4.08. The molecule has 0 N–H and O–H groups in total. The quantitative estimate of drug-likeness (QED) is 0.731. The molecule has 1 amide bonds. The van der Waals surface area contributed by atoms with Crippen molar-refractivity contribution in [1.29, 1.82) is 0 Å². The minimum atomic E-state index is -0.0218. The van der Waals surface area contributed by atoms with Crippen LogP contribution in [0.3, 0.4) is 0 Å². The summed E-state index contributed by atoms with van der Waals surface area (Å²) >= 11 is 0. The average Bonchev–Trinajstić information content (AvgIpc) is 2.35. The maximum Gasteiger partial charge on any atom is 0.247 e. The highest BCUT2D eigenvalue weighted by atomic mass is 16.7. The molecule has 0 aliphatic rings. The van der Waals surface area contributed by atoms with Gasteiger partial charge in [0.2, 0.25) is 5.91 Å². The minimum Gasteiger partial charge on any atom is -0.374 e. The maximum absolute atomic E-state index is 11.5. The molecule has 0 unspecified atom stereocenters. The number of aryl methyl sites for hydroxylation is 1. The molecular weight excluding hydrogens is 216 g/mol. The topological polar surface area (TPSA) is 32.8 Å². The van der Waals surface area contributed by atoms with Gasteiger partial charge < -0.3 is 4.90 Å². The zero-order chi connectivity index (χ0) is 12.8. The summed E-state index contributed by atoms with van der Waals surface area (Å²) in [7, 11) is 5.08. The van der Waals surface area contributed by atoms with E-state index >= 15 is 0 Å². The van der Waals surface area contributed by atoms with E-state index in [1.54, 1.807) is 7.05 Å². The largest absolute Gasteiger partial charge is 0.374 e. The fraction of sp³-hybridized carbons (Fsp3) is 0.462. The van der Waals surface area contributed by atoms with Gasteiger partial charge in [0.15, 0.2) is 0 Å². The summed E-state index contributed by atoms with van der Waals surface area (Å²) in [6.45, 7) is 2.73. The SMILES string of the molecule is CON(C)C(=O)CCN(C)c1ccc(C)cc1. The lowest BCUT2D eigenvalue weighted by atomic mass is 10.2. The van der Waals surface area contributed by atoms with Crippen LogP contribution in [0.2, 0.25) is 0 Å². The Morgan fingerprint density at radius 2 is 1.82 bits per heavy atom. The van der Waals surface area contributed by atoms with Crippen molar-refractivity contribution in [2.45, 2.75) is 13.3 Å². The second-order valence-electron chi connectivity index (χ2n) is 4.08. The first-order chi connectivity index (χ1) is 8.04. The van der Waals surface area contributed by atoms with Crippen molar-refractivity contribution in [3.05, 3.63) is 29.8 Å². The van der Waals surface area contributed by atoms with Crippen molar-refractivity contribution in [3.8, 4) is 0 Å². The number of amides is 1. The summed E-state index contributed by atoms with van der Waals surface area (Å²) in [6.07, 6.45) is 0.439. The van der Waals surface area contributed by atoms with Crippen molar-refractivity contribution in [1.82, 2.24) is 5.06 Å². The number of rotatable bonds is 5. The number of carbonyl (C=O) groups excluding carboxylic acids is 1. The van der Waals surface area contributed by atoms with Crippen LogP contribution in [0.4, 0.5) is 5.69 Å². The van der Waals surface area contributed by atoms with Gasteiger partial charge in [0, 0.05) is 32.7 Å². The van der Waals surface area contributed by atoms with E-state index in [9.17, 15) is 4.79 Å². The van der Waals surface area contributed by atoms with Crippen LogP contribution in [0.5, 0.6) is 0 Å². The van der Waals surface area contributed by atoms with E-state index < -0.39 is 0 Å². The van der Waals surface area contributed by atoms with E-state index in [1.165, 1.54) is 17.7 Å². The first kappa shape index (κ1) is 13.5. The third kappa shape index (κ3) is 4.07. The fourth-order valence-corrected chi connectivity index (χ4v) is 1.45. The summed E-state index contributed by atoms with van der Waals surface area (Å²) in [5, 5.41) is 1.25. The van der Waals surface area contributed by atoms with Crippen LogP contribution in [0.1, 0.15) is 12.0 Å². The maximum atomic E-state index is 11.5. The van der Waals surface area contributed by atoms with Crippen molar-refractivity contribution < 1.29 is 9.63 Å². The number of hydrogen-bond acceptors (Lipinski definition) is 3. The molecule has 0 aromatic heterocycles. The highest BCUT2D eigenvalue weighted by Gasteiger charge is 2.09. The standard InChI is InChI=1S/C13H20N2O2/c1-11-5-7-12(8-6-11)14(2)10-9-13(16)15(3)17-4/h5-8H,9-10H2,1-4H3. The van der Waals surface area contributed by atoms with Crippen LogP contribution in [0.25, 0.3) is 0 Å². The average molecular weight is 236 g/mol. The molecule has 0 bridgehead atoms. The van der Waals surface area contributed by atoms with Crippen LogP contribution in [-0.2, 0) is 9.63 Å². The molecule has 0 aliphatic carbocycles. The summed E-state index contributed by atoms with van der Waals surface area (Å²) in [5.74, 6) is -0.0218.